The number of carbonyl (C=O) groups excluding carboxylic acids is 1. The zero-order valence-electron chi connectivity index (χ0n) is 16.1. The Bertz CT molecular complexity index is 1290. The second-order valence-electron chi connectivity index (χ2n) is 6.79. The molecule has 4 rings (SSSR count). The van der Waals surface area contributed by atoms with Crippen molar-refractivity contribution in [1.82, 2.24) is 9.55 Å². The minimum absolute atomic E-state index is 0.0972. The standard InChI is InChI=1S/C23H20N4O3/c28-21(14-15-27-20-9-5-4-8-19(20)22(29)26-23(27)30)25-18-12-10-17(11-13-18)24-16-6-2-1-3-7-16/h1-13,24H,14-15H2,(H,25,28)(H,26,29,30). The molecule has 0 fully saturated rings. The Morgan fingerprint density at radius 3 is 2.20 bits per heavy atom. The number of rotatable bonds is 6. The van der Waals surface area contributed by atoms with Crippen LogP contribution in [-0.4, -0.2) is 15.5 Å². The highest BCUT2D eigenvalue weighted by molar-refractivity contribution is 5.91. The van der Waals surface area contributed by atoms with Crippen molar-refractivity contribution < 1.29 is 4.79 Å². The van der Waals surface area contributed by atoms with Crippen LogP contribution in [-0.2, 0) is 11.3 Å². The first kappa shape index (κ1) is 19.2. The number of aryl methyl sites for hydroxylation is 1. The second-order valence-corrected chi connectivity index (χ2v) is 6.79. The summed E-state index contributed by atoms with van der Waals surface area (Å²) in [5.74, 6) is -0.221. The molecule has 4 aromatic rings. The lowest BCUT2D eigenvalue weighted by Crippen LogP contribution is -2.31. The van der Waals surface area contributed by atoms with Crippen molar-refractivity contribution in [3.63, 3.8) is 0 Å². The van der Waals surface area contributed by atoms with Crippen LogP contribution in [0.25, 0.3) is 10.9 Å². The smallest absolute Gasteiger partial charge is 0.328 e. The van der Waals surface area contributed by atoms with E-state index in [1.165, 1.54) is 4.57 Å². The van der Waals surface area contributed by atoms with Gasteiger partial charge in [0.2, 0.25) is 5.91 Å². The molecule has 0 aliphatic rings. The summed E-state index contributed by atoms with van der Waals surface area (Å²) in [5, 5.41) is 6.52. The molecule has 0 aliphatic carbocycles. The predicted octanol–water partition coefficient (Wildman–Crippen LogP) is 3.46. The number of anilines is 3. The van der Waals surface area contributed by atoms with E-state index < -0.39 is 11.2 Å². The number of para-hydroxylation sites is 2. The second kappa shape index (κ2) is 8.48. The van der Waals surface area contributed by atoms with Crippen LogP contribution in [0.1, 0.15) is 6.42 Å². The maximum Gasteiger partial charge on any atom is 0.328 e. The van der Waals surface area contributed by atoms with E-state index in [9.17, 15) is 14.4 Å². The van der Waals surface area contributed by atoms with E-state index in [-0.39, 0.29) is 18.9 Å². The van der Waals surface area contributed by atoms with Gasteiger partial charge in [-0.25, -0.2) is 4.79 Å². The maximum absolute atomic E-state index is 12.4. The molecule has 1 amide bonds. The molecule has 30 heavy (non-hydrogen) atoms. The first-order valence-corrected chi connectivity index (χ1v) is 9.54. The van der Waals surface area contributed by atoms with Gasteiger partial charge >= 0.3 is 5.69 Å². The largest absolute Gasteiger partial charge is 0.356 e. The third-order valence-corrected chi connectivity index (χ3v) is 4.70. The highest BCUT2D eigenvalue weighted by Gasteiger charge is 2.09. The summed E-state index contributed by atoms with van der Waals surface area (Å²) in [6, 6.07) is 24.0. The number of hydrogen-bond acceptors (Lipinski definition) is 4. The van der Waals surface area contributed by atoms with Gasteiger partial charge in [-0.3, -0.25) is 19.1 Å². The van der Waals surface area contributed by atoms with E-state index in [0.29, 0.717) is 16.6 Å². The van der Waals surface area contributed by atoms with Crippen molar-refractivity contribution in [3.8, 4) is 0 Å². The number of amides is 1. The molecule has 0 bridgehead atoms. The fraction of sp³-hybridized carbons (Fsp3) is 0.0870. The lowest BCUT2D eigenvalue weighted by Gasteiger charge is -2.11. The van der Waals surface area contributed by atoms with E-state index in [2.05, 4.69) is 15.6 Å². The Morgan fingerprint density at radius 1 is 0.800 bits per heavy atom. The van der Waals surface area contributed by atoms with Crippen LogP contribution in [0.15, 0.2) is 88.5 Å². The van der Waals surface area contributed by atoms with Crippen LogP contribution in [0, 0.1) is 0 Å². The lowest BCUT2D eigenvalue weighted by molar-refractivity contribution is -0.116. The van der Waals surface area contributed by atoms with Crippen LogP contribution in [0.3, 0.4) is 0 Å². The van der Waals surface area contributed by atoms with E-state index >= 15 is 0 Å². The number of aromatic amines is 1. The Labute approximate surface area is 172 Å². The van der Waals surface area contributed by atoms with Gasteiger partial charge in [-0.05, 0) is 48.5 Å². The molecule has 1 aromatic heterocycles. The molecule has 7 nitrogen and oxygen atoms in total. The number of fused-ring (bicyclic) bond motifs is 1. The van der Waals surface area contributed by atoms with Gasteiger partial charge in [0.1, 0.15) is 0 Å². The van der Waals surface area contributed by atoms with E-state index in [1.807, 2.05) is 54.6 Å². The topological polar surface area (TPSA) is 96.0 Å². The average Bonchev–Trinajstić information content (AvgIpc) is 2.76. The summed E-state index contributed by atoms with van der Waals surface area (Å²) in [7, 11) is 0. The summed E-state index contributed by atoms with van der Waals surface area (Å²) >= 11 is 0. The van der Waals surface area contributed by atoms with Gasteiger partial charge in [-0.2, -0.15) is 0 Å². The van der Waals surface area contributed by atoms with Crippen molar-refractivity contribution in [3.05, 3.63) is 99.7 Å². The van der Waals surface area contributed by atoms with Crippen LogP contribution < -0.4 is 21.9 Å². The van der Waals surface area contributed by atoms with Crippen LogP contribution in [0.5, 0.6) is 0 Å². The number of carbonyl (C=O) groups is 1. The Hall–Kier alpha value is -4.13. The Kier molecular flexibility index (Phi) is 5.43. The third kappa shape index (κ3) is 4.30. The Morgan fingerprint density at radius 2 is 1.43 bits per heavy atom. The van der Waals surface area contributed by atoms with Crippen LogP contribution >= 0.6 is 0 Å². The minimum atomic E-state index is -0.525. The van der Waals surface area contributed by atoms with Gasteiger partial charge in [0.15, 0.2) is 0 Å². The monoisotopic (exact) mass is 400 g/mol. The maximum atomic E-state index is 12.4. The lowest BCUT2D eigenvalue weighted by atomic mass is 10.2. The first-order valence-electron chi connectivity index (χ1n) is 9.54. The quantitative estimate of drug-likeness (QED) is 0.462. The zero-order valence-corrected chi connectivity index (χ0v) is 16.1. The van der Waals surface area contributed by atoms with Crippen LogP contribution in [0.2, 0.25) is 0 Å². The highest BCUT2D eigenvalue weighted by atomic mass is 16.2. The highest BCUT2D eigenvalue weighted by Crippen LogP contribution is 2.18. The molecular formula is C23H20N4O3. The fourth-order valence-corrected chi connectivity index (χ4v) is 3.23. The van der Waals surface area contributed by atoms with Crippen molar-refractivity contribution in [2.75, 3.05) is 10.6 Å². The molecule has 7 heteroatoms. The van der Waals surface area contributed by atoms with Gasteiger partial charge in [-0.1, -0.05) is 30.3 Å². The SMILES string of the molecule is O=C(CCn1c(=O)[nH]c(=O)c2ccccc21)Nc1ccc(Nc2ccccc2)cc1. The predicted molar refractivity (Wildman–Crippen MR) is 118 cm³/mol. The van der Waals surface area contributed by atoms with Gasteiger partial charge in [0.25, 0.3) is 5.56 Å². The number of aromatic nitrogens is 2. The van der Waals surface area contributed by atoms with Crippen molar-refractivity contribution in [2.24, 2.45) is 0 Å². The summed E-state index contributed by atoms with van der Waals surface area (Å²) in [4.78, 5) is 38.8. The van der Waals surface area contributed by atoms with Gasteiger partial charge in [0, 0.05) is 30.0 Å². The summed E-state index contributed by atoms with van der Waals surface area (Å²) in [6.07, 6.45) is 0.0972. The molecule has 0 saturated carbocycles. The minimum Gasteiger partial charge on any atom is -0.356 e. The average molecular weight is 400 g/mol. The number of benzene rings is 3. The number of nitrogens with zero attached hydrogens (tertiary/aromatic N) is 1. The zero-order chi connectivity index (χ0) is 20.9. The summed E-state index contributed by atoms with van der Waals surface area (Å²) in [6.45, 7) is 0.162. The third-order valence-electron chi connectivity index (χ3n) is 4.70. The van der Waals surface area contributed by atoms with Gasteiger partial charge < -0.3 is 10.6 Å². The molecule has 0 aliphatic heterocycles. The van der Waals surface area contributed by atoms with E-state index in [1.54, 1.807) is 24.3 Å². The molecular weight excluding hydrogens is 380 g/mol. The molecule has 0 radical (unpaired) electrons. The molecule has 1 heterocycles. The summed E-state index contributed by atoms with van der Waals surface area (Å²) < 4.78 is 1.41. The van der Waals surface area contributed by atoms with E-state index in [0.717, 1.165) is 11.4 Å². The molecule has 0 atom stereocenters. The summed E-state index contributed by atoms with van der Waals surface area (Å²) in [5.41, 5.74) is 2.11. The molecule has 3 aromatic carbocycles. The van der Waals surface area contributed by atoms with Crippen molar-refractivity contribution in [1.29, 1.82) is 0 Å². The molecule has 150 valence electrons. The van der Waals surface area contributed by atoms with Gasteiger partial charge in [0.05, 0.1) is 10.9 Å². The number of hydrogen-bond donors (Lipinski definition) is 3. The first-order chi connectivity index (χ1) is 14.6. The fourth-order valence-electron chi connectivity index (χ4n) is 3.23. The van der Waals surface area contributed by atoms with Crippen molar-refractivity contribution in [2.45, 2.75) is 13.0 Å². The Balaban J connectivity index is 1.40. The molecule has 0 spiro atoms. The van der Waals surface area contributed by atoms with Crippen LogP contribution in [0.4, 0.5) is 17.1 Å². The molecule has 3 N–H and O–H groups in total. The normalized spacial score (nSPS) is 10.7. The molecule has 0 unspecified atom stereocenters. The molecule has 0 saturated heterocycles. The number of nitrogens with one attached hydrogen (secondary N) is 3. The van der Waals surface area contributed by atoms with E-state index in [4.69, 9.17) is 0 Å². The number of H-pyrrole nitrogens is 1. The van der Waals surface area contributed by atoms with Gasteiger partial charge in [-0.15, -0.1) is 0 Å². The van der Waals surface area contributed by atoms with Crippen molar-refractivity contribution >= 4 is 33.9 Å².